The van der Waals surface area contributed by atoms with Gasteiger partial charge in [0.1, 0.15) is 37.1 Å². The van der Waals surface area contributed by atoms with Gasteiger partial charge in [-0.15, -0.1) is 0 Å². The summed E-state index contributed by atoms with van der Waals surface area (Å²) in [5.41, 5.74) is 3.92. The van der Waals surface area contributed by atoms with Crippen LogP contribution in [0.4, 0.5) is 0 Å². The Morgan fingerprint density at radius 1 is 0.636 bits per heavy atom. The predicted molar refractivity (Wildman–Crippen MR) is 186 cm³/mol. The van der Waals surface area contributed by atoms with Gasteiger partial charge in [0, 0.05) is 13.8 Å². The van der Waals surface area contributed by atoms with E-state index in [1.165, 1.54) is 37.9 Å². The number of halogens is 1. The molecule has 7 heteroatoms. The van der Waals surface area contributed by atoms with E-state index in [-0.39, 0.29) is 10.7 Å². The normalized spacial score (nSPS) is 29.8. The second-order valence-corrected chi connectivity index (χ2v) is 18.6. The van der Waals surface area contributed by atoms with Crippen LogP contribution in [-0.2, 0) is 28.8 Å². The van der Waals surface area contributed by atoms with Gasteiger partial charge in [0.05, 0.1) is 12.8 Å². The van der Waals surface area contributed by atoms with Crippen molar-refractivity contribution in [2.24, 2.45) is 0 Å². The van der Waals surface area contributed by atoms with Gasteiger partial charge in [-0.1, -0.05) is 55.5 Å². The molecule has 0 spiro atoms. The van der Waals surface area contributed by atoms with E-state index in [9.17, 15) is 0 Å². The molecule has 8 rings (SSSR count). The summed E-state index contributed by atoms with van der Waals surface area (Å²) in [6.45, 7) is 15.4. The van der Waals surface area contributed by atoms with Crippen LogP contribution in [0.2, 0.25) is 0 Å². The first-order chi connectivity index (χ1) is 20.9. The zero-order valence-electron chi connectivity index (χ0n) is 26.6. The number of benzene rings is 4. The van der Waals surface area contributed by atoms with E-state index in [0.717, 1.165) is 12.8 Å². The summed E-state index contributed by atoms with van der Waals surface area (Å²) >= 11 is 3.35. The number of aryl methyl sites for hydroxylation is 3. The van der Waals surface area contributed by atoms with Crippen LogP contribution in [0.1, 0.15) is 57.2 Å². The number of ether oxygens (including phenoxy) is 3. The third-order valence-corrected chi connectivity index (χ3v) is 15.9. The van der Waals surface area contributed by atoms with Gasteiger partial charge in [0.15, 0.2) is 22.3 Å². The van der Waals surface area contributed by atoms with Crippen molar-refractivity contribution in [3.63, 3.8) is 0 Å². The van der Waals surface area contributed by atoms with Crippen LogP contribution in [0.5, 0.6) is 0 Å². The maximum absolute atomic E-state index is 6.84. The Bertz CT molecular complexity index is 1510. The van der Waals surface area contributed by atoms with Crippen LogP contribution in [-0.4, -0.2) is 22.3 Å². The summed E-state index contributed by atoms with van der Waals surface area (Å²) in [6.07, 6.45) is 1.54. The minimum absolute atomic E-state index is 0.266. The molecule has 4 bridgehead atoms. The molecule has 4 aromatic rings. The Hall–Kier alpha value is -1.60. The molecule has 44 heavy (non-hydrogen) atoms. The van der Waals surface area contributed by atoms with Crippen LogP contribution in [0.3, 0.4) is 0 Å². The zero-order valence-corrected chi connectivity index (χ0v) is 30.3. The van der Waals surface area contributed by atoms with Crippen molar-refractivity contribution in [2.45, 2.75) is 83.6 Å². The summed E-state index contributed by atoms with van der Waals surface area (Å²) in [5.74, 6) is -1.17. The monoisotopic (exact) mass is 690 g/mol. The predicted octanol–water partition coefficient (Wildman–Crippen LogP) is 7.85. The molecule has 0 N–H and O–H groups in total. The van der Waals surface area contributed by atoms with Gasteiger partial charge in [0.2, 0.25) is 0 Å². The average Bonchev–Trinajstić information content (AvgIpc) is 2.95. The van der Waals surface area contributed by atoms with Crippen molar-refractivity contribution >= 4 is 47.3 Å². The Morgan fingerprint density at radius 3 is 1.52 bits per heavy atom. The Morgan fingerprint density at radius 2 is 1.09 bits per heavy atom. The molecule has 4 aliphatic rings. The number of hydrogen-bond acceptors (Lipinski definition) is 3. The van der Waals surface area contributed by atoms with Gasteiger partial charge < -0.3 is 14.2 Å². The molecule has 4 heterocycles. The SMILES string of the molecule is Cc1[c-]cccc1.Cc1ccccc1[PH+](c1ccccc1C)c1ccccc1[PH+]1C2(C)CC3(C)OC(C)(CC1(C)O3)O2.[Cl][Ni]. The van der Waals surface area contributed by atoms with Crippen molar-refractivity contribution in [3.8, 4) is 0 Å². The molecule has 4 aromatic carbocycles. The van der Waals surface area contributed by atoms with Crippen molar-refractivity contribution in [3.05, 3.63) is 120 Å². The second kappa shape index (κ2) is 13.3. The summed E-state index contributed by atoms with van der Waals surface area (Å²) < 4.78 is 20.0. The van der Waals surface area contributed by atoms with E-state index in [4.69, 9.17) is 14.2 Å². The topological polar surface area (TPSA) is 27.7 Å². The molecule has 4 saturated heterocycles. The molecule has 235 valence electrons. The van der Waals surface area contributed by atoms with Gasteiger partial charge in [-0.25, -0.2) is 0 Å². The average molecular weight is 692 g/mol. The fraction of sp³-hybridized carbons (Fsp3) is 0.351. The fourth-order valence-corrected chi connectivity index (χ4v) is 16.1. The van der Waals surface area contributed by atoms with Crippen molar-refractivity contribution in [1.29, 1.82) is 0 Å². The fourth-order valence-electron chi connectivity index (χ4n) is 7.85. The first-order valence-corrected chi connectivity index (χ1v) is 19.4. The molecular formula is C37H43ClNiO3P2+. The second-order valence-electron chi connectivity index (χ2n) is 12.9. The molecule has 0 amide bonds. The molecule has 0 aromatic heterocycles. The molecule has 4 aliphatic heterocycles. The first kappa shape index (κ1) is 33.8. The molecule has 4 fully saturated rings. The van der Waals surface area contributed by atoms with Crippen LogP contribution in [0, 0.1) is 26.8 Å². The van der Waals surface area contributed by atoms with Crippen molar-refractivity contribution in [2.75, 3.05) is 0 Å². The molecule has 0 aliphatic carbocycles. The van der Waals surface area contributed by atoms with E-state index in [0.29, 0.717) is 0 Å². The van der Waals surface area contributed by atoms with Gasteiger partial charge in [-0.05, 0) is 63.1 Å². The van der Waals surface area contributed by atoms with E-state index in [1.807, 2.05) is 31.2 Å². The molecule has 3 nitrogen and oxygen atoms in total. The quantitative estimate of drug-likeness (QED) is 0.124. The van der Waals surface area contributed by atoms with Crippen LogP contribution in [0.25, 0.3) is 0 Å². The standard InChI is InChI=1S/C30H34O3P2.C7H7.ClH.Ni/c1-21-13-7-9-15-23(21)34(24-16-10-8-14-22(24)2)25-17-11-12-18-26(25)35-29(5)19-27(3)31-28(4,33-29)20-30(35,6)32-27;1-7-5-3-2-4-6-7;;/h7-18H,19-20H2,1-6H3;2-5H,1H3;1H;/q;-1;;+1/p+1. The summed E-state index contributed by atoms with van der Waals surface area (Å²) in [6, 6.07) is 38.0. The Balaban J connectivity index is 0.000000373. The van der Waals surface area contributed by atoms with E-state index in [1.54, 1.807) is 0 Å². The minimum atomic E-state index is -1.29. The maximum atomic E-state index is 6.84. The van der Waals surface area contributed by atoms with Crippen molar-refractivity contribution < 1.29 is 28.8 Å². The molecule has 0 saturated carbocycles. The molecule has 4 atom stereocenters. The van der Waals surface area contributed by atoms with Crippen LogP contribution in [0.15, 0.2) is 97.1 Å². The van der Waals surface area contributed by atoms with E-state index in [2.05, 4.69) is 145 Å². The van der Waals surface area contributed by atoms with E-state index < -0.39 is 27.4 Å². The zero-order chi connectivity index (χ0) is 31.8. The van der Waals surface area contributed by atoms with Crippen LogP contribution < -0.4 is 21.2 Å². The van der Waals surface area contributed by atoms with Crippen molar-refractivity contribution in [1.82, 2.24) is 0 Å². The van der Waals surface area contributed by atoms with Gasteiger partial charge in [0.25, 0.3) is 0 Å². The third-order valence-electron chi connectivity index (χ3n) is 8.85. The van der Waals surface area contributed by atoms with Gasteiger partial charge in [-0.3, -0.25) is 0 Å². The van der Waals surface area contributed by atoms with Crippen LogP contribution >= 0.6 is 26.0 Å². The molecule has 4 unspecified atom stereocenters. The van der Waals surface area contributed by atoms with E-state index >= 15 is 0 Å². The molecule has 0 radical (unpaired) electrons. The number of rotatable bonds is 4. The van der Waals surface area contributed by atoms with Gasteiger partial charge >= 0.3 is 24.8 Å². The number of hydrogen-bond donors (Lipinski definition) is 0. The van der Waals surface area contributed by atoms with Gasteiger partial charge in [-0.2, -0.15) is 35.9 Å². The summed E-state index contributed by atoms with van der Waals surface area (Å²) in [4.78, 5) is 0. The third kappa shape index (κ3) is 6.61. The summed E-state index contributed by atoms with van der Waals surface area (Å²) in [7, 11) is 1.72. The Kier molecular flexibility index (Phi) is 10.2. The summed E-state index contributed by atoms with van der Waals surface area (Å²) in [5, 5.41) is 5.34. The Labute approximate surface area is 278 Å². The molecular weight excluding hydrogens is 648 g/mol. The first-order valence-electron chi connectivity index (χ1n) is 15.1.